The first-order valence-corrected chi connectivity index (χ1v) is 5.28. The summed E-state index contributed by atoms with van der Waals surface area (Å²) in [5, 5.41) is 3.43. The number of piperidine rings is 1. The average Bonchev–Trinajstić information content (AvgIpc) is 2.72. The Labute approximate surface area is 85.1 Å². The van der Waals surface area contributed by atoms with Crippen molar-refractivity contribution in [2.45, 2.75) is 25.4 Å². The first-order chi connectivity index (χ1) is 6.86. The van der Waals surface area contributed by atoms with E-state index < -0.39 is 0 Å². The first kappa shape index (κ1) is 9.74. The fourth-order valence-corrected chi connectivity index (χ4v) is 2.01. The van der Waals surface area contributed by atoms with Crippen LogP contribution < -0.4 is 5.32 Å². The Morgan fingerprint density at radius 1 is 1.64 bits per heavy atom. The van der Waals surface area contributed by atoms with E-state index in [9.17, 15) is 0 Å². The van der Waals surface area contributed by atoms with Gasteiger partial charge in [0.2, 0.25) is 0 Å². The van der Waals surface area contributed by atoms with Gasteiger partial charge in [0.25, 0.3) is 0 Å². The van der Waals surface area contributed by atoms with Gasteiger partial charge < -0.3 is 9.73 Å². The topological polar surface area (TPSA) is 28.4 Å². The van der Waals surface area contributed by atoms with E-state index in [1.54, 1.807) is 6.26 Å². The largest absolute Gasteiger partial charge is 0.472 e. The van der Waals surface area contributed by atoms with E-state index in [0.29, 0.717) is 6.04 Å². The lowest BCUT2D eigenvalue weighted by atomic mass is 10.1. The molecule has 2 heterocycles. The molecule has 1 aromatic heterocycles. The maximum absolute atomic E-state index is 5.06. The summed E-state index contributed by atoms with van der Waals surface area (Å²) in [5.74, 6) is 0. The second-order valence-corrected chi connectivity index (χ2v) is 4.05. The number of rotatable bonds is 3. The van der Waals surface area contributed by atoms with Gasteiger partial charge in [0.1, 0.15) is 0 Å². The summed E-state index contributed by atoms with van der Waals surface area (Å²) in [4.78, 5) is 2.40. The molecule has 1 unspecified atom stereocenters. The summed E-state index contributed by atoms with van der Waals surface area (Å²) in [6.07, 6.45) is 6.16. The SMILES string of the molecule is CN(Cc1ccoc1)C1CCCNC1. The van der Waals surface area contributed by atoms with Gasteiger partial charge in [0.05, 0.1) is 12.5 Å². The third kappa shape index (κ3) is 2.36. The van der Waals surface area contributed by atoms with Crippen molar-refractivity contribution in [1.82, 2.24) is 10.2 Å². The van der Waals surface area contributed by atoms with Crippen molar-refractivity contribution in [3.8, 4) is 0 Å². The molecule has 0 bridgehead atoms. The fraction of sp³-hybridized carbons (Fsp3) is 0.636. The Balaban J connectivity index is 1.85. The fourth-order valence-electron chi connectivity index (χ4n) is 2.01. The molecule has 0 saturated carbocycles. The van der Waals surface area contributed by atoms with Crippen LogP contribution in [0.25, 0.3) is 0 Å². The lowest BCUT2D eigenvalue weighted by molar-refractivity contribution is 0.195. The number of furan rings is 1. The molecular formula is C11H18N2O. The van der Waals surface area contributed by atoms with Crippen LogP contribution in [0.2, 0.25) is 0 Å². The minimum Gasteiger partial charge on any atom is -0.472 e. The normalized spacial score (nSPS) is 22.9. The third-order valence-electron chi connectivity index (χ3n) is 2.91. The van der Waals surface area contributed by atoms with Crippen LogP contribution in [0.1, 0.15) is 18.4 Å². The lowest BCUT2D eigenvalue weighted by Gasteiger charge is -2.31. The van der Waals surface area contributed by atoms with Gasteiger partial charge in [-0.05, 0) is 32.5 Å². The van der Waals surface area contributed by atoms with Crippen molar-refractivity contribution in [3.05, 3.63) is 24.2 Å². The van der Waals surface area contributed by atoms with Crippen molar-refractivity contribution in [1.29, 1.82) is 0 Å². The molecule has 14 heavy (non-hydrogen) atoms. The summed E-state index contributed by atoms with van der Waals surface area (Å²) < 4.78 is 5.06. The van der Waals surface area contributed by atoms with Gasteiger partial charge in [0.15, 0.2) is 0 Å². The molecule has 3 heteroatoms. The van der Waals surface area contributed by atoms with E-state index >= 15 is 0 Å². The summed E-state index contributed by atoms with van der Waals surface area (Å²) in [7, 11) is 2.19. The second-order valence-electron chi connectivity index (χ2n) is 4.05. The van der Waals surface area contributed by atoms with Crippen molar-refractivity contribution >= 4 is 0 Å². The van der Waals surface area contributed by atoms with Crippen molar-refractivity contribution in [2.75, 3.05) is 20.1 Å². The molecule has 1 N–H and O–H groups in total. The van der Waals surface area contributed by atoms with Gasteiger partial charge in [-0.25, -0.2) is 0 Å². The van der Waals surface area contributed by atoms with Crippen LogP contribution in [0, 0.1) is 0 Å². The lowest BCUT2D eigenvalue weighted by Crippen LogP contribution is -2.43. The quantitative estimate of drug-likeness (QED) is 0.789. The smallest absolute Gasteiger partial charge is 0.0947 e. The zero-order valence-electron chi connectivity index (χ0n) is 8.70. The van der Waals surface area contributed by atoms with Crippen molar-refractivity contribution in [2.24, 2.45) is 0 Å². The van der Waals surface area contributed by atoms with E-state index in [1.165, 1.54) is 24.9 Å². The molecule has 78 valence electrons. The number of hydrogen-bond acceptors (Lipinski definition) is 3. The molecule has 0 spiro atoms. The Hall–Kier alpha value is -0.800. The molecule has 1 saturated heterocycles. The summed E-state index contributed by atoms with van der Waals surface area (Å²) in [5.41, 5.74) is 1.26. The Morgan fingerprint density at radius 3 is 3.21 bits per heavy atom. The van der Waals surface area contributed by atoms with Crippen LogP contribution in [0.4, 0.5) is 0 Å². The van der Waals surface area contributed by atoms with Gasteiger partial charge >= 0.3 is 0 Å². The molecular weight excluding hydrogens is 176 g/mol. The Morgan fingerprint density at radius 2 is 2.57 bits per heavy atom. The minimum absolute atomic E-state index is 0.679. The predicted molar refractivity (Wildman–Crippen MR) is 56.1 cm³/mol. The highest BCUT2D eigenvalue weighted by atomic mass is 16.3. The maximum atomic E-state index is 5.06. The summed E-state index contributed by atoms with van der Waals surface area (Å²) in [6.45, 7) is 3.28. The van der Waals surface area contributed by atoms with Gasteiger partial charge in [0, 0.05) is 24.7 Å². The Bertz CT molecular complexity index is 252. The monoisotopic (exact) mass is 194 g/mol. The van der Waals surface area contributed by atoms with Crippen molar-refractivity contribution in [3.63, 3.8) is 0 Å². The highest BCUT2D eigenvalue weighted by molar-refractivity contribution is 5.05. The molecule has 1 aromatic rings. The van der Waals surface area contributed by atoms with Crippen LogP contribution in [0.5, 0.6) is 0 Å². The van der Waals surface area contributed by atoms with Crippen LogP contribution in [-0.2, 0) is 6.54 Å². The van der Waals surface area contributed by atoms with Crippen molar-refractivity contribution < 1.29 is 4.42 Å². The predicted octanol–water partition coefficient (Wildman–Crippen LogP) is 1.46. The summed E-state index contributed by atoms with van der Waals surface area (Å²) in [6, 6.07) is 2.71. The zero-order chi connectivity index (χ0) is 9.80. The number of hydrogen-bond donors (Lipinski definition) is 1. The van der Waals surface area contributed by atoms with E-state index in [1.807, 2.05) is 12.3 Å². The molecule has 0 aliphatic carbocycles. The summed E-state index contributed by atoms with van der Waals surface area (Å²) >= 11 is 0. The van der Waals surface area contributed by atoms with Gasteiger partial charge in [-0.1, -0.05) is 0 Å². The standard InChI is InChI=1S/C11H18N2O/c1-13(8-10-4-6-14-9-10)11-3-2-5-12-7-11/h4,6,9,11-12H,2-3,5,7-8H2,1H3. The highest BCUT2D eigenvalue weighted by Crippen LogP contribution is 2.12. The first-order valence-electron chi connectivity index (χ1n) is 5.28. The number of nitrogens with zero attached hydrogens (tertiary/aromatic N) is 1. The molecule has 3 nitrogen and oxygen atoms in total. The second kappa shape index (κ2) is 4.62. The van der Waals surface area contributed by atoms with Crippen LogP contribution >= 0.6 is 0 Å². The van der Waals surface area contributed by atoms with E-state index in [4.69, 9.17) is 4.42 Å². The Kier molecular flexibility index (Phi) is 3.22. The van der Waals surface area contributed by atoms with Gasteiger partial charge in [-0.2, -0.15) is 0 Å². The van der Waals surface area contributed by atoms with Crippen LogP contribution in [0.3, 0.4) is 0 Å². The highest BCUT2D eigenvalue weighted by Gasteiger charge is 2.17. The number of nitrogens with one attached hydrogen (secondary N) is 1. The maximum Gasteiger partial charge on any atom is 0.0947 e. The van der Waals surface area contributed by atoms with Gasteiger partial charge in [-0.3, -0.25) is 4.90 Å². The molecule has 0 aromatic carbocycles. The molecule has 1 atom stereocenters. The molecule has 2 rings (SSSR count). The zero-order valence-corrected chi connectivity index (χ0v) is 8.70. The molecule has 0 radical (unpaired) electrons. The molecule has 0 amide bonds. The number of likely N-dealkylation sites (N-methyl/N-ethyl adjacent to an activating group) is 1. The minimum atomic E-state index is 0.679. The van der Waals surface area contributed by atoms with Crippen LogP contribution in [-0.4, -0.2) is 31.1 Å². The van der Waals surface area contributed by atoms with Gasteiger partial charge in [-0.15, -0.1) is 0 Å². The average molecular weight is 194 g/mol. The van der Waals surface area contributed by atoms with E-state index in [-0.39, 0.29) is 0 Å². The van der Waals surface area contributed by atoms with E-state index in [2.05, 4.69) is 17.3 Å². The van der Waals surface area contributed by atoms with Crippen LogP contribution in [0.15, 0.2) is 23.0 Å². The molecule has 1 fully saturated rings. The molecule has 1 aliphatic heterocycles. The third-order valence-corrected chi connectivity index (χ3v) is 2.91. The van der Waals surface area contributed by atoms with E-state index in [0.717, 1.165) is 13.1 Å². The molecule has 1 aliphatic rings.